The number of rotatable bonds is 15. The first kappa shape index (κ1) is 31.6. The summed E-state index contributed by atoms with van der Waals surface area (Å²) >= 11 is 0. The molecular formula is C32H41N5O6. The molecular weight excluding hydrogens is 550 g/mol. The van der Waals surface area contributed by atoms with Crippen molar-refractivity contribution in [1.29, 1.82) is 0 Å². The maximum atomic E-state index is 10.8. The van der Waals surface area contributed by atoms with E-state index in [1.807, 2.05) is 6.07 Å². The Kier molecular flexibility index (Phi) is 11.6. The second-order valence-electron chi connectivity index (χ2n) is 10.0. The largest absolute Gasteiger partial charge is 0.508 e. The van der Waals surface area contributed by atoms with Gasteiger partial charge in [0.1, 0.15) is 34.5 Å². The summed E-state index contributed by atoms with van der Waals surface area (Å²) in [6.45, 7) is 5.57. The summed E-state index contributed by atoms with van der Waals surface area (Å²) in [5, 5.41) is 34.4. The van der Waals surface area contributed by atoms with Crippen molar-refractivity contribution in [3.63, 3.8) is 0 Å². The number of aliphatic imine (C=N–C) groups is 2. The average molecular weight is 592 g/mol. The molecule has 1 aliphatic heterocycles. The molecule has 1 heterocycles. The Hall–Kier alpha value is -4.32. The lowest BCUT2D eigenvalue weighted by Gasteiger charge is -2.31. The number of hydrogen-bond donors (Lipinski definition) is 4. The molecule has 11 heteroatoms. The highest BCUT2D eigenvalue weighted by molar-refractivity contribution is 5.84. The monoisotopic (exact) mass is 591 g/mol. The normalized spacial score (nSPS) is 15.9. The topological polar surface area (TPSA) is 132 Å². The number of phenols is 3. The lowest BCUT2D eigenvalue weighted by molar-refractivity contribution is 0.137. The van der Waals surface area contributed by atoms with Gasteiger partial charge in [0.2, 0.25) is 0 Å². The Labute approximate surface area is 252 Å². The Morgan fingerprint density at radius 2 is 1.21 bits per heavy atom. The fourth-order valence-electron chi connectivity index (χ4n) is 4.99. The van der Waals surface area contributed by atoms with Gasteiger partial charge in [0.25, 0.3) is 0 Å². The van der Waals surface area contributed by atoms with Crippen LogP contribution < -0.4 is 19.5 Å². The average Bonchev–Trinajstić information content (AvgIpc) is 3.42. The van der Waals surface area contributed by atoms with Gasteiger partial charge in [0.15, 0.2) is 0 Å². The Bertz CT molecular complexity index is 1400. The quantitative estimate of drug-likeness (QED) is 0.155. The predicted molar refractivity (Wildman–Crippen MR) is 168 cm³/mol. The van der Waals surface area contributed by atoms with Gasteiger partial charge in [-0.1, -0.05) is 0 Å². The van der Waals surface area contributed by atoms with Crippen molar-refractivity contribution >= 4 is 12.4 Å². The molecule has 0 amide bonds. The number of aromatic hydroxyl groups is 3. The van der Waals surface area contributed by atoms with Gasteiger partial charge in [-0.15, -0.1) is 0 Å². The highest BCUT2D eigenvalue weighted by Crippen LogP contribution is 2.37. The van der Waals surface area contributed by atoms with Gasteiger partial charge in [0, 0.05) is 68.4 Å². The first-order chi connectivity index (χ1) is 20.9. The number of ether oxygens (including phenoxy) is 3. The summed E-state index contributed by atoms with van der Waals surface area (Å²) in [7, 11) is 4.78. The third-order valence-electron chi connectivity index (χ3n) is 7.32. The first-order valence-corrected chi connectivity index (χ1v) is 14.2. The molecule has 0 aromatic heterocycles. The predicted octanol–water partition coefficient (Wildman–Crippen LogP) is 3.27. The Morgan fingerprint density at radius 1 is 0.698 bits per heavy atom. The van der Waals surface area contributed by atoms with E-state index in [0.29, 0.717) is 54.6 Å². The summed E-state index contributed by atoms with van der Waals surface area (Å²) in [5.41, 5.74) is 2.00. The molecule has 1 fully saturated rings. The van der Waals surface area contributed by atoms with Crippen LogP contribution in [0, 0.1) is 0 Å². The van der Waals surface area contributed by atoms with Crippen LogP contribution in [0.2, 0.25) is 0 Å². The van der Waals surface area contributed by atoms with Crippen LogP contribution in [0.25, 0.3) is 0 Å². The minimum atomic E-state index is -0.147. The Balaban J connectivity index is 1.34. The van der Waals surface area contributed by atoms with Crippen LogP contribution in [0.1, 0.15) is 22.9 Å². The van der Waals surface area contributed by atoms with Crippen LogP contribution in [-0.4, -0.2) is 111 Å². The van der Waals surface area contributed by atoms with Gasteiger partial charge in [-0.3, -0.25) is 19.8 Å². The fraction of sp³-hybridized carbons (Fsp3) is 0.375. The lowest BCUT2D eigenvalue weighted by atomic mass is 10.1. The summed E-state index contributed by atoms with van der Waals surface area (Å²) in [6.07, 6.45) is 3.16. The second-order valence-corrected chi connectivity index (χ2v) is 10.0. The van der Waals surface area contributed by atoms with E-state index in [4.69, 9.17) is 14.2 Å². The van der Waals surface area contributed by atoms with E-state index in [0.717, 1.165) is 31.7 Å². The molecule has 0 unspecified atom stereocenters. The number of methoxy groups -OCH3 is 3. The van der Waals surface area contributed by atoms with Crippen LogP contribution in [0.3, 0.4) is 0 Å². The zero-order valence-corrected chi connectivity index (χ0v) is 24.9. The van der Waals surface area contributed by atoms with Crippen molar-refractivity contribution in [2.24, 2.45) is 9.98 Å². The van der Waals surface area contributed by atoms with Gasteiger partial charge < -0.3 is 34.8 Å². The van der Waals surface area contributed by atoms with Crippen molar-refractivity contribution in [2.45, 2.75) is 6.17 Å². The van der Waals surface area contributed by atoms with E-state index >= 15 is 0 Å². The SMILES string of the molecule is COc1ccc(O)c(C=NCCNCCN2CCN(CCN=Cc3cc(OC)ccc3O)[C@@H]2c2cc(OC)ccc2O)c1. The molecule has 0 spiro atoms. The standard InChI is InChI=1S/C32H41N5O6/c1-41-25-4-7-29(38)23(18-25)21-34-11-10-33-12-14-36-16-17-37(32(36)28-20-27(43-3)6-9-31(28)40)15-13-35-22-24-19-26(42-2)5-8-30(24)39/h4-9,18-22,32-33,38-40H,10-17H2,1-3H3/t32-/m1/s1. The second kappa shape index (κ2) is 15.8. The highest BCUT2D eigenvalue weighted by atomic mass is 16.5. The van der Waals surface area contributed by atoms with Crippen molar-refractivity contribution in [2.75, 3.05) is 73.7 Å². The fourth-order valence-corrected chi connectivity index (χ4v) is 4.99. The molecule has 43 heavy (non-hydrogen) atoms. The van der Waals surface area contributed by atoms with Crippen molar-refractivity contribution < 1.29 is 29.5 Å². The Morgan fingerprint density at radius 3 is 1.79 bits per heavy atom. The maximum absolute atomic E-state index is 10.8. The van der Waals surface area contributed by atoms with Crippen LogP contribution in [-0.2, 0) is 0 Å². The number of hydrogen-bond acceptors (Lipinski definition) is 11. The number of benzene rings is 3. The minimum absolute atomic E-state index is 0.146. The molecule has 0 saturated carbocycles. The smallest absolute Gasteiger partial charge is 0.124 e. The molecule has 0 aliphatic carbocycles. The zero-order valence-electron chi connectivity index (χ0n) is 24.9. The third-order valence-corrected chi connectivity index (χ3v) is 7.32. The summed E-state index contributed by atoms with van der Waals surface area (Å²) < 4.78 is 15.9. The van der Waals surface area contributed by atoms with Gasteiger partial charge in [0.05, 0.1) is 40.6 Å². The van der Waals surface area contributed by atoms with Crippen molar-refractivity contribution in [1.82, 2.24) is 15.1 Å². The molecule has 4 N–H and O–H groups in total. The van der Waals surface area contributed by atoms with Gasteiger partial charge in [-0.2, -0.15) is 0 Å². The van der Waals surface area contributed by atoms with Crippen LogP contribution in [0.5, 0.6) is 34.5 Å². The molecule has 0 bridgehead atoms. The zero-order chi connectivity index (χ0) is 30.6. The summed E-state index contributed by atoms with van der Waals surface area (Å²) in [5.74, 6) is 2.52. The molecule has 1 aliphatic rings. The number of nitrogens with zero attached hydrogens (tertiary/aromatic N) is 4. The van der Waals surface area contributed by atoms with E-state index < -0.39 is 0 Å². The molecule has 230 valence electrons. The minimum Gasteiger partial charge on any atom is -0.508 e. The van der Waals surface area contributed by atoms with Gasteiger partial charge in [-0.25, -0.2) is 0 Å². The van der Waals surface area contributed by atoms with Gasteiger partial charge >= 0.3 is 0 Å². The third kappa shape index (κ3) is 8.60. The molecule has 3 aromatic carbocycles. The summed E-state index contributed by atoms with van der Waals surface area (Å²) in [4.78, 5) is 13.6. The van der Waals surface area contributed by atoms with E-state index in [2.05, 4.69) is 25.1 Å². The maximum Gasteiger partial charge on any atom is 0.124 e. The van der Waals surface area contributed by atoms with Crippen LogP contribution in [0.4, 0.5) is 0 Å². The van der Waals surface area contributed by atoms with E-state index in [1.54, 1.807) is 82.3 Å². The lowest BCUT2D eigenvalue weighted by Crippen LogP contribution is -2.36. The number of nitrogens with one attached hydrogen (secondary N) is 1. The molecule has 1 atom stereocenters. The van der Waals surface area contributed by atoms with E-state index in [1.165, 1.54) is 0 Å². The first-order valence-electron chi connectivity index (χ1n) is 14.2. The van der Waals surface area contributed by atoms with Crippen LogP contribution in [0.15, 0.2) is 64.6 Å². The highest BCUT2D eigenvalue weighted by Gasteiger charge is 2.34. The molecule has 1 saturated heterocycles. The van der Waals surface area contributed by atoms with E-state index in [-0.39, 0.29) is 23.4 Å². The molecule has 3 aromatic rings. The molecule has 0 radical (unpaired) electrons. The van der Waals surface area contributed by atoms with Crippen LogP contribution >= 0.6 is 0 Å². The molecule has 11 nitrogen and oxygen atoms in total. The van der Waals surface area contributed by atoms with Gasteiger partial charge in [-0.05, 0) is 54.6 Å². The van der Waals surface area contributed by atoms with E-state index in [9.17, 15) is 15.3 Å². The van der Waals surface area contributed by atoms with Crippen molar-refractivity contribution in [3.8, 4) is 34.5 Å². The summed E-state index contributed by atoms with van der Waals surface area (Å²) in [6, 6.07) is 15.4. The van der Waals surface area contributed by atoms with Crippen molar-refractivity contribution in [3.05, 3.63) is 71.3 Å². The molecule has 4 rings (SSSR count). The number of phenolic OH excluding ortho intramolecular Hbond substituents is 3.